The van der Waals surface area contributed by atoms with Crippen molar-refractivity contribution >= 4 is 11.9 Å². The van der Waals surface area contributed by atoms with Crippen LogP contribution in [0.5, 0.6) is 0 Å². The number of carbonyl (C=O) groups is 2. The fourth-order valence-corrected chi connectivity index (χ4v) is 2.15. The lowest BCUT2D eigenvalue weighted by molar-refractivity contribution is -0.184. The molecular weight excluding hydrogens is 263 g/mol. The zero-order chi connectivity index (χ0) is 14.8. The van der Waals surface area contributed by atoms with Crippen molar-refractivity contribution in [3.8, 4) is 0 Å². The van der Waals surface area contributed by atoms with E-state index in [1.807, 2.05) is 0 Å². The summed E-state index contributed by atoms with van der Waals surface area (Å²) in [4.78, 5) is 22.7. The van der Waals surface area contributed by atoms with Gasteiger partial charge in [0.25, 0.3) is 0 Å². The van der Waals surface area contributed by atoms with Gasteiger partial charge in [0.15, 0.2) is 0 Å². The van der Waals surface area contributed by atoms with Crippen LogP contribution in [0.4, 0.5) is 13.2 Å². The van der Waals surface area contributed by atoms with Crippen molar-refractivity contribution in [2.75, 3.05) is 0 Å². The molecule has 110 valence electrons. The lowest BCUT2D eigenvalue weighted by atomic mass is 9.81. The topological polar surface area (TPSA) is 66.4 Å². The molecule has 1 amide bonds. The van der Waals surface area contributed by atoms with Gasteiger partial charge in [-0.3, -0.25) is 4.79 Å². The molecule has 0 aromatic rings. The summed E-state index contributed by atoms with van der Waals surface area (Å²) in [5.74, 6) is -3.53. The van der Waals surface area contributed by atoms with Gasteiger partial charge in [-0.05, 0) is 39.5 Å². The average molecular weight is 281 g/mol. The highest BCUT2D eigenvalue weighted by molar-refractivity contribution is 5.87. The third-order valence-electron chi connectivity index (χ3n) is 3.53. The number of amides is 1. The van der Waals surface area contributed by atoms with Crippen LogP contribution >= 0.6 is 0 Å². The first-order chi connectivity index (χ1) is 8.54. The molecule has 1 aliphatic rings. The lowest BCUT2D eigenvalue weighted by Gasteiger charge is -2.31. The van der Waals surface area contributed by atoms with Gasteiger partial charge in [0, 0.05) is 5.92 Å². The van der Waals surface area contributed by atoms with E-state index in [1.54, 1.807) is 0 Å². The maximum Gasteiger partial charge on any atom is 0.391 e. The van der Waals surface area contributed by atoms with Gasteiger partial charge < -0.3 is 10.4 Å². The number of carboxylic acids is 1. The smallest absolute Gasteiger partial charge is 0.391 e. The van der Waals surface area contributed by atoms with E-state index in [1.165, 1.54) is 13.8 Å². The Morgan fingerprint density at radius 1 is 1.11 bits per heavy atom. The summed E-state index contributed by atoms with van der Waals surface area (Å²) in [5, 5.41) is 11.2. The molecule has 2 N–H and O–H groups in total. The summed E-state index contributed by atoms with van der Waals surface area (Å²) in [6.07, 6.45) is -4.07. The number of hydrogen-bond donors (Lipinski definition) is 2. The second kappa shape index (κ2) is 5.38. The van der Waals surface area contributed by atoms with Crippen molar-refractivity contribution in [3.05, 3.63) is 0 Å². The molecule has 0 unspecified atom stereocenters. The van der Waals surface area contributed by atoms with Crippen LogP contribution in [0.25, 0.3) is 0 Å². The van der Waals surface area contributed by atoms with E-state index in [-0.39, 0.29) is 25.7 Å². The van der Waals surface area contributed by atoms with Crippen LogP contribution in [0.15, 0.2) is 0 Å². The Morgan fingerprint density at radius 3 is 1.95 bits per heavy atom. The predicted octanol–water partition coefficient (Wildman–Crippen LogP) is 2.33. The Labute approximate surface area is 109 Å². The SMILES string of the molecule is CC(C)(NC(=O)C1CCC(C(F)(F)F)CC1)C(=O)O. The van der Waals surface area contributed by atoms with Crippen LogP contribution in [0.3, 0.4) is 0 Å². The van der Waals surface area contributed by atoms with E-state index >= 15 is 0 Å². The summed E-state index contributed by atoms with van der Waals surface area (Å²) in [5.41, 5.74) is -1.40. The van der Waals surface area contributed by atoms with Gasteiger partial charge in [0.05, 0.1) is 5.92 Å². The molecule has 0 aromatic carbocycles. The zero-order valence-corrected chi connectivity index (χ0v) is 10.9. The molecule has 4 nitrogen and oxygen atoms in total. The summed E-state index contributed by atoms with van der Waals surface area (Å²) < 4.78 is 37.4. The quantitative estimate of drug-likeness (QED) is 0.834. The van der Waals surface area contributed by atoms with Crippen molar-refractivity contribution in [1.29, 1.82) is 0 Å². The minimum absolute atomic E-state index is 0.0743. The lowest BCUT2D eigenvalue weighted by Crippen LogP contribution is -2.52. The van der Waals surface area contributed by atoms with Crippen LogP contribution in [0, 0.1) is 11.8 Å². The first-order valence-electron chi connectivity index (χ1n) is 6.16. The second-order valence-corrected chi connectivity index (χ2v) is 5.51. The van der Waals surface area contributed by atoms with E-state index in [4.69, 9.17) is 5.11 Å². The van der Waals surface area contributed by atoms with Gasteiger partial charge in [-0.25, -0.2) is 4.79 Å². The molecule has 1 saturated carbocycles. The maximum atomic E-state index is 12.5. The molecule has 0 heterocycles. The van der Waals surface area contributed by atoms with E-state index < -0.39 is 35.4 Å². The Morgan fingerprint density at radius 2 is 1.58 bits per heavy atom. The normalized spacial score (nSPS) is 24.9. The van der Waals surface area contributed by atoms with Crippen molar-refractivity contribution in [3.63, 3.8) is 0 Å². The van der Waals surface area contributed by atoms with E-state index in [0.717, 1.165) is 0 Å². The maximum absolute atomic E-state index is 12.5. The van der Waals surface area contributed by atoms with Gasteiger partial charge >= 0.3 is 12.1 Å². The largest absolute Gasteiger partial charge is 0.480 e. The minimum atomic E-state index is -4.21. The first kappa shape index (κ1) is 15.8. The fraction of sp³-hybridized carbons (Fsp3) is 0.833. The Kier molecular flexibility index (Phi) is 4.47. The average Bonchev–Trinajstić information content (AvgIpc) is 2.27. The molecule has 1 aliphatic carbocycles. The van der Waals surface area contributed by atoms with Crippen LogP contribution < -0.4 is 5.32 Å². The number of hydrogen-bond acceptors (Lipinski definition) is 2. The van der Waals surface area contributed by atoms with Crippen LogP contribution in [-0.4, -0.2) is 28.7 Å². The van der Waals surface area contributed by atoms with Crippen molar-refractivity contribution in [2.45, 2.75) is 51.2 Å². The zero-order valence-electron chi connectivity index (χ0n) is 10.9. The molecule has 7 heteroatoms. The minimum Gasteiger partial charge on any atom is -0.480 e. The van der Waals surface area contributed by atoms with E-state index in [2.05, 4.69) is 5.32 Å². The van der Waals surface area contributed by atoms with Gasteiger partial charge in [-0.2, -0.15) is 13.2 Å². The number of carboxylic acid groups (broad SMARTS) is 1. The highest BCUT2D eigenvalue weighted by atomic mass is 19.4. The number of rotatable bonds is 3. The molecule has 19 heavy (non-hydrogen) atoms. The fourth-order valence-electron chi connectivity index (χ4n) is 2.15. The number of carbonyl (C=O) groups excluding carboxylic acids is 1. The third kappa shape index (κ3) is 4.11. The van der Waals surface area contributed by atoms with Gasteiger partial charge in [-0.1, -0.05) is 0 Å². The summed E-state index contributed by atoms with van der Waals surface area (Å²) >= 11 is 0. The molecule has 0 radical (unpaired) electrons. The van der Waals surface area contributed by atoms with Crippen LogP contribution in [-0.2, 0) is 9.59 Å². The van der Waals surface area contributed by atoms with Gasteiger partial charge in [0.2, 0.25) is 5.91 Å². The Bertz CT molecular complexity index is 358. The summed E-state index contributed by atoms with van der Waals surface area (Å²) in [6, 6.07) is 0. The monoisotopic (exact) mass is 281 g/mol. The number of halogens is 3. The summed E-state index contributed by atoms with van der Waals surface area (Å²) in [7, 11) is 0. The Balaban J connectivity index is 2.52. The number of nitrogens with one attached hydrogen (secondary N) is 1. The predicted molar refractivity (Wildman–Crippen MR) is 61.4 cm³/mol. The van der Waals surface area contributed by atoms with Crippen molar-refractivity contribution < 1.29 is 27.9 Å². The highest BCUT2D eigenvalue weighted by Gasteiger charge is 2.43. The van der Waals surface area contributed by atoms with E-state index in [0.29, 0.717) is 0 Å². The summed E-state index contributed by atoms with van der Waals surface area (Å²) in [6.45, 7) is 2.68. The van der Waals surface area contributed by atoms with Crippen LogP contribution in [0.2, 0.25) is 0 Å². The van der Waals surface area contributed by atoms with E-state index in [9.17, 15) is 22.8 Å². The third-order valence-corrected chi connectivity index (χ3v) is 3.53. The standard InChI is InChI=1S/C12H18F3NO3/c1-11(2,10(18)19)16-9(17)7-3-5-8(6-4-7)12(13,14)15/h7-8H,3-6H2,1-2H3,(H,16,17)(H,18,19). The highest BCUT2D eigenvalue weighted by Crippen LogP contribution is 2.39. The molecule has 0 bridgehead atoms. The molecule has 0 saturated heterocycles. The van der Waals surface area contributed by atoms with Crippen LogP contribution in [0.1, 0.15) is 39.5 Å². The molecule has 1 rings (SSSR count). The van der Waals surface area contributed by atoms with Crippen molar-refractivity contribution in [2.24, 2.45) is 11.8 Å². The molecule has 1 fully saturated rings. The molecule has 0 spiro atoms. The molecule has 0 aromatic heterocycles. The Hall–Kier alpha value is -1.27. The molecule has 0 aliphatic heterocycles. The van der Waals surface area contributed by atoms with Gasteiger partial charge in [-0.15, -0.1) is 0 Å². The van der Waals surface area contributed by atoms with Gasteiger partial charge in [0.1, 0.15) is 5.54 Å². The first-order valence-corrected chi connectivity index (χ1v) is 6.16. The van der Waals surface area contributed by atoms with Crippen molar-refractivity contribution in [1.82, 2.24) is 5.32 Å². The molecular formula is C12H18F3NO3. The number of aliphatic carboxylic acids is 1. The second-order valence-electron chi connectivity index (χ2n) is 5.51. The number of alkyl halides is 3. The molecule has 0 atom stereocenters.